The van der Waals surface area contributed by atoms with Gasteiger partial charge in [-0.15, -0.1) is 11.8 Å². The maximum atomic E-state index is 10.7. The highest BCUT2D eigenvalue weighted by Crippen LogP contribution is 2.30. The van der Waals surface area contributed by atoms with Crippen molar-refractivity contribution in [3.8, 4) is 0 Å². The lowest BCUT2D eigenvalue weighted by atomic mass is 10.3. The van der Waals surface area contributed by atoms with Crippen LogP contribution in [0.15, 0.2) is 6.20 Å². The number of aromatic nitrogens is 2. The Balaban J connectivity index is 2.05. The number of rotatable bonds is 2. The first kappa shape index (κ1) is 9.54. The predicted octanol–water partition coefficient (Wildman–Crippen LogP) is 0.506. The van der Waals surface area contributed by atoms with Gasteiger partial charge < -0.3 is 10.1 Å². The van der Waals surface area contributed by atoms with Crippen molar-refractivity contribution in [3.05, 3.63) is 17.7 Å². The number of carboxylic acids is 1. The Bertz CT molecular complexity index is 352. The maximum absolute atomic E-state index is 10.7. The Morgan fingerprint density at radius 2 is 2.57 bits per heavy atom. The minimum absolute atomic E-state index is 0.0233. The Kier molecular flexibility index (Phi) is 2.47. The van der Waals surface area contributed by atoms with E-state index >= 15 is 0 Å². The average Bonchev–Trinajstić information content (AvgIpc) is 2.70. The molecule has 1 saturated heterocycles. The van der Waals surface area contributed by atoms with Crippen LogP contribution in [0.3, 0.4) is 0 Å². The predicted molar refractivity (Wildman–Crippen MR) is 53.1 cm³/mol. The monoisotopic (exact) mass is 213 g/mol. The molecule has 0 aliphatic carbocycles. The van der Waals surface area contributed by atoms with E-state index in [1.165, 1.54) is 0 Å². The van der Waals surface area contributed by atoms with E-state index in [4.69, 9.17) is 5.11 Å². The van der Waals surface area contributed by atoms with Crippen LogP contribution in [0.5, 0.6) is 0 Å². The first-order valence-corrected chi connectivity index (χ1v) is 5.33. The molecule has 0 spiro atoms. The molecule has 2 rings (SSSR count). The second kappa shape index (κ2) is 3.62. The van der Waals surface area contributed by atoms with E-state index in [-0.39, 0.29) is 5.37 Å². The fourth-order valence-electron chi connectivity index (χ4n) is 1.34. The summed E-state index contributed by atoms with van der Waals surface area (Å²) in [6.45, 7) is 1.92. The van der Waals surface area contributed by atoms with Crippen LogP contribution in [0.2, 0.25) is 0 Å². The molecular weight excluding hydrogens is 202 g/mol. The summed E-state index contributed by atoms with van der Waals surface area (Å²) in [5, 5.41) is 11.7. The first-order chi connectivity index (χ1) is 6.66. The number of thioether (sulfide) groups is 1. The zero-order chi connectivity index (χ0) is 10.1. The van der Waals surface area contributed by atoms with Gasteiger partial charge in [0.15, 0.2) is 0 Å². The van der Waals surface area contributed by atoms with Crippen LogP contribution in [-0.2, 0) is 4.79 Å². The summed E-state index contributed by atoms with van der Waals surface area (Å²) in [7, 11) is 0. The number of nitrogens with zero attached hydrogens (tertiary/aromatic N) is 1. The van der Waals surface area contributed by atoms with Gasteiger partial charge in [-0.3, -0.25) is 10.1 Å². The molecule has 2 atom stereocenters. The second-order valence-corrected chi connectivity index (χ2v) is 4.36. The highest BCUT2D eigenvalue weighted by molar-refractivity contribution is 7.99. The van der Waals surface area contributed by atoms with Gasteiger partial charge in [-0.25, -0.2) is 4.98 Å². The molecule has 0 aromatic carbocycles. The largest absolute Gasteiger partial charge is 0.480 e. The molecule has 6 heteroatoms. The van der Waals surface area contributed by atoms with Crippen molar-refractivity contribution >= 4 is 17.7 Å². The van der Waals surface area contributed by atoms with Crippen LogP contribution in [-0.4, -0.2) is 32.8 Å². The number of aryl methyl sites for hydroxylation is 1. The van der Waals surface area contributed by atoms with E-state index in [1.807, 2.05) is 6.92 Å². The molecule has 1 fully saturated rings. The van der Waals surface area contributed by atoms with Gasteiger partial charge >= 0.3 is 5.97 Å². The molecule has 1 aliphatic rings. The molecule has 1 unspecified atom stereocenters. The van der Waals surface area contributed by atoms with Gasteiger partial charge in [0.1, 0.15) is 17.2 Å². The van der Waals surface area contributed by atoms with Gasteiger partial charge in [0.05, 0.1) is 0 Å². The quantitative estimate of drug-likeness (QED) is 0.667. The lowest BCUT2D eigenvalue weighted by Crippen LogP contribution is -2.33. The summed E-state index contributed by atoms with van der Waals surface area (Å²) in [6, 6.07) is -0.463. The van der Waals surface area contributed by atoms with Crippen molar-refractivity contribution in [2.75, 3.05) is 5.75 Å². The topological polar surface area (TPSA) is 78.0 Å². The fraction of sp³-hybridized carbons (Fsp3) is 0.500. The molecule has 5 nitrogen and oxygen atoms in total. The number of nitrogens with one attached hydrogen (secondary N) is 2. The molecule has 1 aromatic heterocycles. The van der Waals surface area contributed by atoms with Gasteiger partial charge in [0.2, 0.25) is 0 Å². The molecule has 1 aromatic rings. The molecule has 3 N–H and O–H groups in total. The number of imidazole rings is 1. The Morgan fingerprint density at radius 1 is 1.79 bits per heavy atom. The third kappa shape index (κ3) is 1.76. The van der Waals surface area contributed by atoms with Crippen molar-refractivity contribution in [2.24, 2.45) is 0 Å². The molecule has 2 heterocycles. The smallest absolute Gasteiger partial charge is 0.321 e. The van der Waals surface area contributed by atoms with Gasteiger partial charge in [-0.1, -0.05) is 0 Å². The van der Waals surface area contributed by atoms with E-state index in [9.17, 15) is 4.79 Å². The van der Waals surface area contributed by atoms with Crippen LogP contribution in [0, 0.1) is 6.92 Å². The minimum Gasteiger partial charge on any atom is -0.480 e. The number of aliphatic carboxylic acids is 1. The normalized spacial score (nSPS) is 26.6. The number of carboxylic acid groups (broad SMARTS) is 1. The number of hydrogen-bond acceptors (Lipinski definition) is 4. The Hall–Kier alpha value is -1.01. The maximum Gasteiger partial charge on any atom is 0.321 e. The van der Waals surface area contributed by atoms with Crippen molar-refractivity contribution in [1.82, 2.24) is 15.3 Å². The van der Waals surface area contributed by atoms with Crippen LogP contribution in [0.25, 0.3) is 0 Å². The summed E-state index contributed by atoms with van der Waals surface area (Å²) in [6.07, 6.45) is 1.74. The van der Waals surface area contributed by atoms with Crippen molar-refractivity contribution in [1.29, 1.82) is 0 Å². The fourth-order valence-corrected chi connectivity index (χ4v) is 2.50. The summed E-state index contributed by atoms with van der Waals surface area (Å²) >= 11 is 1.56. The standard InChI is InChI=1S/C8H11N3O2S/c1-4-2-9-6(10-4)7-11-5(3-14-7)8(12)13/h2,5,7,11H,3H2,1H3,(H,9,10)(H,12,13)/t5?,7-/m1/s1. The van der Waals surface area contributed by atoms with Crippen molar-refractivity contribution < 1.29 is 9.90 Å². The van der Waals surface area contributed by atoms with Gasteiger partial charge in [-0.05, 0) is 6.92 Å². The van der Waals surface area contributed by atoms with Crippen LogP contribution in [0.1, 0.15) is 16.9 Å². The van der Waals surface area contributed by atoms with E-state index < -0.39 is 12.0 Å². The molecule has 0 amide bonds. The molecule has 76 valence electrons. The third-order valence-corrected chi connectivity index (χ3v) is 3.27. The number of hydrogen-bond donors (Lipinski definition) is 3. The van der Waals surface area contributed by atoms with E-state index in [0.717, 1.165) is 11.5 Å². The lowest BCUT2D eigenvalue weighted by Gasteiger charge is -2.07. The SMILES string of the molecule is Cc1cnc([C@@H]2NC(C(=O)O)CS2)[nH]1. The summed E-state index contributed by atoms with van der Waals surface area (Å²) in [5.41, 5.74) is 0.987. The Labute approximate surface area is 85.3 Å². The number of H-pyrrole nitrogens is 1. The Morgan fingerprint density at radius 3 is 3.07 bits per heavy atom. The summed E-state index contributed by atoms with van der Waals surface area (Å²) < 4.78 is 0. The van der Waals surface area contributed by atoms with Crippen LogP contribution >= 0.6 is 11.8 Å². The molecule has 0 radical (unpaired) electrons. The molecular formula is C8H11N3O2S. The zero-order valence-electron chi connectivity index (χ0n) is 7.65. The van der Waals surface area contributed by atoms with E-state index in [1.54, 1.807) is 18.0 Å². The van der Waals surface area contributed by atoms with Gasteiger partial charge in [0.25, 0.3) is 0 Å². The summed E-state index contributed by atoms with van der Waals surface area (Å²) in [5.74, 6) is 0.583. The average molecular weight is 213 g/mol. The minimum atomic E-state index is -0.803. The second-order valence-electron chi connectivity index (χ2n) is 3.22. The van der Waals surface area contributed by atoms with E-state index in [0.29, 0.717) is 5.75 Å². The molecule has 14 heavy (non-hydrogen) atoms. The van der Waals surface area contributed by atoms with Crippen LogP contribution in [0.4, 0.5) is 0 Å². The molecule has 1 aliphatic heterocycles. The molecule has 0 bridgehead atoms. The number of aromatic amines is 1. The van der Waals surface area contributed by atoms with Crippen molar-refractivity contribution in [3.63, 3.8) is 0 Å². The zero-order valence-corrected chi connectivity index (χ0v) is 8.47. The number of carbonyl (C=O) groups is 1. The molecule has 0 saturated carbocycles. The van der Waals surface area contributed by atoms with Crippen LogP contribution < -0.4 is 5.32 Å². The van der Waals surface area contributed by atoms with Gasteiger partial charge in [-0.2, -0.15) is 0 Å². The van der Waals surface area contributed by atoms with E-state index in [2.05, 4.69) is 15.3 Å². The van der Waals surface area contributed by atoms with Crippen molar-refractivity contribution in [2.45, 2.75) is 18.3 Å². The highest BCUT2D eigenvalue weighted by atomic mass is 32.2. The third-order valence-electron chi connectivity index (χ3n) is 2.05. The lowest BCUT2D eigenvalue weighted by molar-refractivity contribution is -0.138. The van der Waals surface area contributed by atoms with Gasteiger partial charge in [0, 0.05) is 17.6 Å². The summed E-state index contributed by atoms with van der Waals surface area (Å²) in [4.78, 5) is 17.9. The first-order valence-electron chi connectivity index (χ1n) is 4.29. The highest BCUT2D eigenvalue weighted by Gasteiger charge is 2.31.